The Bertz CT molecular complexity index is 613. The molecule has 4 N–H and O–H groups in total. The number of aromatic hydroxyl groups is 1. The maximum atomic E-state index is 12.0. The van der Waals surface area contributed by atoms with Crippen LogP contribution in [0, 0.1) is 0 Å². The number of carbonyl (C=O) groups excluding carboxylic acids is 1. The maximum absolute atomic E-state index is 12.0. The smallest absolute Gasteiger partial charge is 0.257 e. The highest BCUT2D eigenvalue weighted by Crippen LogP contribution is 2.33. The van der Waals surface area contributed by atoms with Gasteiger partial charge in [-0.15, -0.1) is 11.3 Å². The van der Waals surface area contributed by atoms with Crippen molar-refractivity contribution in [3.63, 3.8) is 0 Å². The molecule has 0 saturated heterocycles. The van der Waals surface area contributed by atoms with Crippen LogP contribution in [0.1, 0.15) is 10.4 Å². The minimum absolute atomic E-state index is 0.0601. The van der Waals surface area contributed by atoms with E-state index in [-0.39, 0.29) is 11.7 Å². The van der Waals surface area contributed by atoms with Crippen LogP contribution in [-0.4, -0.2) is 11.0 Å². The van der Waals surface area contributed by atoms with Gasteiger partial charge in [-0.2, -0.15) is 0 Å². The van der Waals surface area contributed by atoms with Crippen molar-refractivity contribution in [1.82, 2.24) is 0 Å². The summed E-state index contributed by atoms with van der Waals surface area (Å²) >= 11 is 8.05. The number of phenolic OH excluding ortho intramolecular Hbond substituents is 1. The SMILES string of the molecule is Nc1cc(O)ccc1NC(=O)c1cc(Br)sc1Br. The van der Waals surface area contributed by atoms with Crippen LogP contribution in [-0.2, 0) is 0 Å². The van der Waals surface area contributed by atoms with Crippen LogP contribution < -0.4 is 11.1 Å². The first-order valence-corrected chi connectivity index (χ1v) is 7.22. The molecule has 1 aromatic heterocycles. The van der Waals surface area contributed by atoms with Gasteiger partial charge in [0.15, 0.2) is 0 Å². The second-order valence-electron chi connectivity index (χ2n) is 3.46. The molecule has 2 aromatic rings. The fourth-order valence-electron chi connectivity index (χ4n) is 1.35. The Morgan fingerprint density at radius 1 is 1.33 bits per heavy atom. The van der Waals surface area contributed by atoms with Gasteiger partial charge in [-0.05, 0) is 50.1 Å². The summed E-state index contributed by atoms with van der Waals surface area (Å²) < 4.78 is 1.60. The number of rotatable bonds is 2. The summed E-state index contributed by atoms with van der Waals surface area (Å²) in [5.74, 6) is -0.203. The molecule has 0 unspecified atom stereocenters. The van der Waals surface area contributed by atoms with Gasteiger partial charge < -0.3 is 16.2 Å². The van der Waals surface area contributed by atoms with Crippen molar-refractivity contribution < 1.29 is 9.90 Å². The van der Waals surface area contributed by atoms with Gasteiger partial charge in [0.05, 0.1) is 24.5 Å². The molecule has 2 rings (SSSR count). The predicted molar refractivity (Wildman–Crippen MR) is 80.2 cm³/mol. The molecule has 0 bridgehead atoms. The van der Waals surface area contributed by atoms with Crippen molar-refractivity contribution in [3.8, 4) is 5.75 Å². The Hall–Kier alpha value is -1.05. The topological polar surface area (TPSA) is 75.3 Å². The molecule has 0 radical (unpaired) electrons. The molecule has 0 aliphatic rings. The van der Waals surface area contributed by atoms with Crippen LogP contribution in [0.15, 0.2) is 31.8 Å². The quantitative estimate of drug-likeness (QED) is 0.538. The average molecular weight is 392 g/mol. The Kier molecular flexibility index (Phi) is 3.94. The highest BCUT2D eigenvalue weighted by atomic mass is 79.9. The van der Waals surface area contributed by atoms with Gasteiger partial charge in [-0.3, -0.25) is 4.79 Å². The average Bonchev–Trinajstić information content (AvgIpc) is 2.62. The van der Waals surface area contributed by atoms with Gasteiger partial charge in [0.2, 0.25) is 0 Å². The van der Waals surface area contributed by atoms with Crippen LogP contribution in [0.2, 0.25) is 0 Å². The van der Waals surface area contributed by atoms with Crippen LogP contribution >= 0.6 is 43.2 Å². The lowest BCUT2D eigenvalue weighted by molar-refractivity contribution is 0.102. The number of carbonyl (C=O) groups is 1. The molecule has 0 aliphatic carbocycles. The number of anilines is 2. The van der Waals surface area contributed by atoms with Crippen molar-refractivity contribution in [2.45, 2.75) is 0 Å². The molecule has 0 spiro atoms. The normalized spacial score (nSPS) is 10.3. The van der Waals surface area contributed by atoms with Crippen LogP contribution in [0.4, 0.5) is 11.4 Å². The summed E-state index contributed by atoms with van der Waals surface area (Å²) in [6.45, 7) is 0. The van der Waals surface area contributed by atoms with E-state index in [1.165, 1.54) is 23.5 Å². The molecule has 4 nitrogen and oxygen atoms in total. The summed E-state index contributed by atoms with van der Waals surface area (Å²) in [6, 6.07) is 6.12. The third-order valence-corrected chi connectivity index (χ3v) is 4.52. The van der Waals surface area contributed by atoms with Gasteiger partial charge in [0.1, 0.15) is 5.75 Å². The van der Waals surface area contributed by atoms with E-state index in [2.05, 4.69) is 37.2 Å². The van der Waals surface area contributed by atoms with Crippen LogP contribution in [0.5, 0.6) is 5.75 Å². The third-order valence-electron chi connectivity index (χ3n) is 2.18. The van der Waals surface area contributed by atoms with Gasteiger partial charge in [-0.25, -0.2) is 0 Å². The standard InChI is InChI=1S/C11H8Br2N2O2S/c12-9-4-6(10(13)18-9)11(17)15-8-2-1-5(16)3-7(8)14/h1-4,16H,14H2,(H,15,17). The zero-order valence-corrected chi connectivity index (χ0v) is 12.9. The second-order valence-corrected chi connectivity index (χ2v) is 7.21. The van der Waals surface area contributed by atoms with Crippen molar-refractivity contribution in [3.05, 3.63) is 37.4 Å². The molecule has 94 valence electrons. The summed E-state index contributed by atoms with van der Waals surface area (Å²) in [5, 5.41) is 11.9. The molecule has 18 heavy (non-hydrogen) atoms. The molecule has 0 atom stereocenters. The fraction of sp³-hybridized carbons (Fsp3) is 0. The summed E-state index contributed by atoms with van der Waals surface area (Å²) in [5.41, 5.74) is 7.00. The van der Waals surface area contributed by atoms with E-state index in [0.29, 0.717) is 16.9 Å². The van der Waals surface area contributed by atoms with E-state index in [1.807, 2.05) is 0 Å². The number of halogens is 2. The van der Waals surface area contributed by atoms with Crippen molar-refractivity contribution >= 4 is 60.5 Å². The van der Waals surface area contributed by atoms with Crippen molar-refractivity contribution in [1.29, 1.82) is 0 Å². The molecule has 1 heterocycles. The highest BCUT2D eigenvalue weighted by Gasteiger charge is 2.14. The Morgan fingerprint density at radius 2 is 2.06 bits per heavy atom. The second kappa shape index (κ2) is 5.29. The number of phenols is 1. The first kappa shape index (κ1) is 13.4. The van der Waals surface area contributed by atoms with E-state index >= 15 is 0 Å². The number of nitrogens with two attached hydrogens (primary N) is 1. The van der Waals surface area contributed by atoms with Crippen molar-refractivity contribution in [2.75, 3.05) is 11.1 Å². The lowest BCUT2D eigenvalue weighted by Gasteiger charge is -2.07. The molecule has 0 aliphatic heterocycles. The summed E-state index contributed by atoms with van der Waals surface area (Å²) in [4.78, 5) is 12.0. The largest absolute Gasteiger partial charge is 0.508 e. The van der Waals surface area contributed by atoms with Gasteiger partial charge in [0.25, 0.3) is 5.91 Å². The first-order valence-electron chi connectivity index (χ1n) is 4.82. The number of benzene rings is 1. The predicted octanol–water partition coefficient (Wildman–Crippen LogP) is 3.81. The molecule has 7 heteroatoms. The number of thiophene rings is 1. The monoisotopic (exact) mass is 390 g/mol. The van der Waals surface area contributed by atoms with E-state index in [4.69, 9.17) is 5.73 Å². The Morgan fingerprint density at radius 3 is 2.61 bits per heavy atom. The lowest BCUT2D eigenvalue weighted by atomic mass is 10.2. The number of hydrogen-bond acceptors (Lipinski definition) is 4. The fourth-order valence-corrected chi connectivity index (χ4v) is 4.14. The highest BCUT2D eigenvalue weighted by molar-refractivity contribution is 9.12. The number of nitrogens with one attached hydrogen (secondary N) is 1. The minimum Gasteiger partial charge on any atom is -0.508 e. The molecule has 0 fully saturated rings. The van der Waals surface area contributed by atoms with Crippen LogP contribution in [0.3, 0.4) is 0 Å². The van der Waals surface area contributed by atoms with Gasteiger partial charge in [0, 0.05) is 6.07 Å². The molecule has 0 saturated carbocycles. The summed E-state index contributed by atoms with van der Waals surface area (Å²) in [6.07, 6.45) is 0. The first-order chi connectivity index (χ1) is 8.47. The number of nitrogen functional groups attached to an aromatic ring is 1. The molecule has 1 amide bonds. The van der Waals surface area contributed by atoms with E-state index < -0.39 is 0 Å². The molecule has 1 aromatic carbocycles. The Labute approximate surface area is 124 Å². The number of amides is 1. The zero-order valence-electron chi connectivity index (χ0n) is 8.91. The van der Waals surface area contributed by atoms with E-state index in [9.17, 15) is 9.90 Å². The molecular formula is C11H8Br2N2O2S. The molecular weight excluding hydrogens is 384 g/mol. The van der Waals surface area contributed by atoms with E-state index in [0.717, 1.165) is 7.57 Å². The maximum Gasteiger partial charge on any atom is 0.257 e. The number of hydrogen-bond donors (Lipinski definition) is 3. The third kappa shape index (κ3) is 2.85. The van der Waals surface area contributed by atoms with E-state index in [1.54, 1.807) is 12.1 Å². The summed E-state index contributed by atoms with van der Waals surface area (Å²) in [7, 11) is 0. The van der Waals surface area contributed by atoms with Gasteiger partial charge in [-0.1, -0.05) is 0 Å². The lowest BCUT2D eigenvalue weighted by Crippen LogP contribution is -2.12. The Balaban J connectivity index is 2.24. The zero-order chi connectivity index (χ0) is 13.3. The van der Waals surface area contributed by atoms with Crippen molar-refractivity contribution in [2.24, 2.45) is 0 Å². The van der Waals surface area contributed by atoms with Gasteiger partial charge >= 0.3 is 0 Å². The minimum atomic E-state index is -0.263. The van der Waals surface area contributed by atoms with Crippen LogP contribution in [0.25, 0.3) is 0 Å².